The van der Waals surface area contributed by atoms with Crippen molar-refractivity contribution < 1.29 is 31.6 Å². The van der Waals surface area contributed by atoms with Gasteiger partial charge in [0.2, 0.25) is 0 Å². The third-order valence-electron chi connectivity index (χ3n) is 3.75. The van der Waals surface area contributed by atoms with Gasteiger partial charge in [0.25, 0.3) is 10.1 Å². The summed E-state index contributed by atoms with van der Waals surface area (Å²) < 4.78 is 47.6. The quantitative estimate of drug-likeness (QED) is 0.453. The summed E-state index contributed by atoms with van der Waals surface area (Å²) in [6.07, 6.45) is -0.623. The Balaban J connectivity index is 1.98. The van der Waals surface area contributed by atoms with E-state index in [2.05, 4.69) is 15.9 Å². The fraction of sp³-hybridized carbons (Fsp3) is 0.632. The average Bonchev–Trinajstić information content (AvgIpc) is 2.50. The second kappa shape index (κ2) is 8.79. The van der Waals surface area contributed by atoms with Crippen molar-refractivity contribution in [2.24, 2.45) is 0 Å². The van der Waals surface area contributed by atoms with E-state index in [4.69, 9.17) is 18.4 Å². The molecule has 0 spiro atoms. The lowest BCUT2D eigenvalue weighted by atomic mass is 10.1. The van der Waals surface area contributed by atoms with Crippen LogP contribution in [0.5, 0.6) is 0 Å². The summed E-state index contributed by atoms with van der Waals surface area (Å²) in [5.41, 5.74) is -0.584. The normalized spacial score (nSPS) is 22.6. The molecule has 1 aliphatic heterocycles. The van der Waals surface area contributed by atoms with Crippen LogP contribution in [0.4, 0.5) is 0 Å². The fourth-order valence-electron chi connectivity index (χ4n) is 2.85. The smallest absolute Gasteiger partial charge is 0.308 e. The Morgan fingerprint density at radius 2 is 1.75 bits per heavy atom. The van der Waals surface area contributed by atoms with Gasteiger partial charge < -0.3 is 14.2 Å². The summed E-state index contributed by atoms with van der Waals surface area (Å²) >= 11 is 3.26. The van der Waals surface area contributed by atoms with Crippen LogP contribution in [0.25, 0.3) is 0 Å². The third-order valence-corrected chi connectivity index (χ3v) is 5.58. The SMILES string of the molecule is CC(C)(C)OC(=O)C[C@H]1C[C@@H](COS(=O)(=O)c2ccc(Br)cc2)OC(C)(C)O1. The Morgan fingerprint density at radius 1 is 1.18 bits per heavy atom. The zero-order valence-corrected chi connectivity index (χ0v) is 19.1. The van der Waals surface area contributed by atoms with Crippen molar-refractivity contribution in [3.05, 3.63) is 28.7 Å². The van der Waals surface area contributed by atoms with Crippen molar-refractivity contribution in [3.8, 4) is 0 Å². The molecule has 0 saturated carbocycles. The molecule has 0 bridgehead atoms. The van der Waals surface area contributed by atoms with E-state index in [9.17, 15) is 13.2 Å². The predicted molar refractivity (Wildman–Crippen MR) is 106 cm³/mol. The maximum absolute atomic E-state index is 12.4. The fourth-order valence-corrected chi connectivity index (χ4v) is 4.05. The molecule has 0 radical (unpaired) electrons. The summed E-state index contributed by atoms with van der Waals surface area (Å²) in [7, 11) is -3.91. The number of esters is 1. The second-order valence-electron chi connectivity index (χ2n) is 8.10. The van der Waals surface area contributed by atoms with Crippen molar-refractivity contribution in [2.75, 3.05) is 6.61 Å². The van der Waals surface area contributed by atoms with Crippen molar-refractivity contribution in [3.63, 3.8) is 0 Å². The van der Waals surface area contributed by atoms with E-state index in [0.717, 1.165) is 4.47 Å². The van der Waals surface area contributed by atoms with E-state index < -0.39 is 33.7 Å². The minimum atomic E-state index is -3.91. The van der Waals surface area contributed by atoms with E-state index in [0.29, 0.717) is 6.42 Å². The number of ether oxygens (including phenoxy) is 3. The van der Waals surface area contributed by atoms with Crippen molar-refractivity contribution in [1.29, 1.82) is 0 Å². The number of halogens is 1. The maximum Gasteiger partial charge on any atom is 0.308 e. The van der Waals surface area contributed by atoms with Crippen LogP contribution >= 0.6 is 15.9 Å². The lowest BCUT2D eigenvalue weighted by molar-refractivity contribution is -0.303. The number of hydrogen-bond acceptors (Lipinski definition) is 7. The topological polar surface area (TPSA) is 88.1 Å². The van der Waals surface area contributed by atoms with Crippen molar-refractivity contribution in [2.45, 2.75) is 76.0 Å². The molecule has 1 aliphatic rings. The molecule has 1 heterocycles. The molecular weight excluding hydrogens is 452 g/mol. The molecular formula is C19H27BrO7S. The zero-order valence-electron chi connectivity index (χ0n) is 16.7. The van der Waals surface area contributed by atoms with Crippen molar-refractivity contribution in [1.82, 2.24) is 0 Å². The summed E-state index contributed by atoms with van der Waals surface area (Å²) in [6, 6.07) is 6.17. The Bertz CT molecular complexity index is 781. The minimum absolute atomic E-state index is 0.0556. The molecule has 0 amide bonds. The van der Waals surface area contributed by atoms with Gasteiger partial charge in [0, 0.05) is 10.9 Å². The van der Waals surface area contributed by atoms with Gasteiger partial charge in [-0.15, -0.1) is 0 Å². The first-order chi connectivity index (χ1) is 12.8. The van der Waals surface area contributed by atoms with Crippen LogP contribution in [0.15, 0.2) is 33.6 Å². The van der Waals surface area contributed by atoms with E-state index in [1.165, 1.54) is 12.1 Å². The second-order valence-corrected chi connectivity index (χ2v) is 10.6. The molecule has 1 fully saturated rings. The highest BCUT2D eigenvalue weighted by atomic mass is 79.9. The summed E-state index contributed by atoms with van der Waals surface area (Å²) in [5.74, 6) is -1.35. The van der Waals surface area contributed by atoms with Crippen LogP contribution in [0.2, 0.25) is 0 Å². The minimum Gasteiger partial charge on any atom is -0.460 e. The van der Waals surface area contributed by atoms with Gasteiger partial charge in [-0.3, -0.25) is 8.98 Å². The third kappa shape index (κ3) is 7.44. The summed E-state index contributed by atoms with van der Waals surface area (Å²) in [4.78, 5) is 12.2. The number of hydrogen-bond donors (Lipinski definition) is 0. The first-order valence-corrected chi connectivity index (χ1v) is 11.2. The van der Waals surface area contributed by atoms with Crippen LogP contribution in [0, 0.1) is 0 Å². The highest BCUT2D eigenvalue weighted by Crippen LogP contribution is 2.30. The number of carbonyl (C=O) groups excluding carboxylic acids is 1. The molecule has 1 saturated heterocycles. The molecule has 158 valence electrons. The Labute approximate surface area is 174 Å². The van der Waals surface area contributed by atoms with Crippen LogP contribution in [0.1, 0.15) is 47.5 Å². The molecule has 1 aromatic carbocycles. The molecule has 28 heavy (non-hydrogen) atoms. The lowest BCUT2D eigenvalue weighted by Gasteiger charge is -2.40. The Morgan fingerprint density at radius 3 is 2.32 bits per heavy atom. The van der Waals surface area contributed by atoms with Crippen LogP contribution < -0.4 is 0 Å². The summed E-state index contributed by atoms with van der Waals surface area (Å²) in [5, 5.41) is 0. The highest BCUT2D eigenvalue weighted by molar-refractivity contribution is 9.10. The Hall–Kier alpha value is -1.00. The maximum atomic E-state index is 12.4. The largest absolute Gasteiger partial charge is 0.460 e. The van der Waals surface area contributed by atoms with Crippen LogP contribution in [-0.2, 0) is 33.3 Å². The first-order valence-electron chi connectivity index (χ1n) is 8.98. The van der Waals surface area contributed by atoms with Gasteiger partial charge in [0.15, 0.2) is 5.79 Å². The van der Waals surface area contributed by atoms with Gasteiger partial charge in [0.05, 0.1) is 30.1 Å². The Kier molecular flexibility index (Phi) is 7.31. The van der Waals surface area contributed by atoms with E-state index in [1.54, 1.807) is 46.8 Å². The van der Waals surface area contributed by atoms with Gasteiger partial charge >= 0.3 is 5.97 Å². The van der Waals surface area contributed by atoms with Gasteiger partial charge in [-0.1, -0.05) is 15.9 Å². The molecule has 7 nitrogen and oxygen atoms in total. The van der Waals surface area contributed by atoms with Gasteiger partial charge in [-0.05, 0) is 58.9 Å². The molecule has 1 aromatic rings. The highest BCUT2D eigenvalue weighted by Gasteiger charge is 2.38. The molecule has 2 atom stereocenters. The van der Waals surface area contributed by atoms with Crippen molar-refractivity contribution >= 4 is 32.0 Å². The molecule has 0 N–H and O–H groups in total. The molecule has 0 unspecified atom stereocenters. The first kappa shape index (κ1) is 23.3. The molecule has 0 aliphatic carbocycles. The number of carbonyl (C=O) groups is 1. The predicted octanol–water partition coefficient (Wildman–Crippen LogP) is 3.80. The van der Waals surface area contributed by atoms with E-state index in [-0.39, 0.29) is 23.9 Å². The van der Waals surface area contributed by atoms with Gasteiger partial charge in [0.1, 0.15) is 5.60 Å². The van der Waals surface area contributed by atoms with Gasteiger partial charge in [-0.25, -0.2) is 0 Å². The molecule has 0 aromatic heterocycles. The zero-order chi connectivity index (χ0) is 21.2. The van der Waals surface area contributed by atoms with Gasteiger partial charge in [-0.2, -0.15) is 8.42 Å². The standard InChI is InChI=1S/C19H27BrO7S/c1-18(2,3)27-17(21)11-14-10-15(26-19(4,5)25-14)12-24-28(22,23)16-8-6-13(20)7-9-16/h6-9,14-15H,10-12H2,1-5H3/t14-,15+/m1/s1. The van der Waals surface area contributed by atoms with Crippen LogP contribution in [0.3, 0.4) is 0 Å². The average molecular weight is 479 g/mol. The molecule has 2 rings (SSSR count). The summed E-state index contributed by atoms with van der Waals surface area (Å²) in [6.45, 7) is 8.64. The monoisotopic (exact) mass is 478 g/mol. The van der Waals surface area contributed by atoms with E-state index in [1.807, 2.05) is 0 Å². The number of benzene rings is 1. The molecule has 9 heteroatoms. The lowest BCUT2D eigenvalue weighted by Crippen LogP contribution is -2.47. The van der Waals surface area contributed by atoms with Crippen LogP contribution in [-0.4, -0.2) is 44.6 Å². The number of rotatable bonds is 6. The van der Waals surface area contributed by atoms with E-state index >= 15 is 0 Å².